The summed E-state index contributed by atoms with van der Waals surface area (Å²) in [6.45, 7) is 1.14. The van der Waals surface area contributed by atoms with Crippen LogP contribution in [0.4, 0.5) is 5.69 Å². The number of rotatable bonds is 3. The standard InChI is InChI=1S/C14H20N2/c15-12-5-4-10-2-1-3-11(14(10)8-12)9-16-13-6-7-13/h4-5,8,11,13,16H,1-3,6-7,9,15H2. The monoisotopic (exact) mass is 216 g/mol. The van der Waals surface area contributed by atoms with Gasteiger partial charge in [0.2, 0.25) is 0 Å². The van der Waals surface area contributed by atoms with Crippen LogP contribution in [0.5, 0.6) is 0 Å². The smallest absolute Gasteiger partial charge is 0.0317 e. The Bertz CT molecular complexity index is 382. The Balaban J connectivity index is 1.77. The lowest BCUT2D eigenvalue weighted by atomic mass is 9.82. The molecule has 1 fully saturated rings. The second-order valence-corrected chi connectivity index (χ2v) is 5.23. The molecule has 0 bridgehead atoms. The summed E-state index contributed by atoms with van der Waals surface area (Å²) in [7, 11) is 0. The minimum Gasteiger partial charge on any atom is -0.399 e. The summed E-state index contributed by atoms with van der Waals surface area (Å²) >= 11 is 0. The number of benzene rings is 1. The van der Waals surface area contributed by atoms with Gasteiger partial charge in [-0.15, -0.1) is 0 Å². The fourth-order valence-electron chi connectivity index (χ4n) is 2.72. The van der Waals surface area contributed by atoms with E-state index in [-0.39, 0.29) is 0 Å². The highest BCUT2D eigenvalue weighted by molar-refractivity contribution is 5.47. The van der Waals surface area contributed by atoms with Crippen LogP contribution in [0.1, 0.15) is 42.7 Å². The van der Waals surface area contributed by atoms with Gasteiger partial charge in [-0.2, -0.15) is 0 Å². The Morgan fingerprint density at radius 2 is 2.12 bits per heavy atom. The molecule has 1 saturated carbocycles. The van der Waals surface area contributed by atoms with E-state index in [0.717, 1.165) is 18.3 Å². The molecule has 0 aromatic heterocycles. The highest BCUT2D eigenvalue weighted by Gasteiger charge is 2.25. The molecule has 0 saturated heterocycles. The lowest BCUT2D eigenvalue weighted by Crippen LogP contribution is -2.26. The number of nitrogens with two attached hydrogens (primary N) is 1. The SMILES string of the molecule is Nc1ccc2c(c1)C(CNC1CC1)CCC2. The molecule has 0 amide bonds. The van der Waals surface area contributed by atoms with Gasteiger partial charge in [-0.05, 0) is 61.3 Å². The largest absolute Gasteiger partial charge is 0.399 e. The van der Waals surface area contributed by atoms with Crippen LogP contribution >= 0.6 is 0 Å². The van der Waals surface area contributed by atoms with Gasteiger partial charge >= 0.3 is 0 Å². The van der Waals surface area contributed by atoms with E-state index in [1.165, 1.54) is 43.2 Å². The van der Waals surface area contributed by atoms with Gasteiger partial charge in [0.25, 0.3) is 0 Å². The predicted octanol–water partition coefficient (Wildman–Crippen LogP) is 2.44. The summed E-state index contributed by atoms with van der Waals surface area (Å²) in [6, 6.07) is 7.25. The van der Waals surface area contributed by atoms with Gasteiger partial charge in [0.1, 0.15) is 0 Å². The van der Waals surface area contributed by atoms with Gasteiger partial charge in [0, 0.05) is 18.3 Å². The number of hydrogen-bond acceptors (Lipinski definition) is 2. The lowest BCUT2D eigenvalue weighted by Gasteiger charge is -2.26. The first-order valence-electron chi connectivity index (χ1n) is 6.44. The summed E-state index contributed by atoms with van der Waals surface area (Å²) in [4.78, 5) is 0. The van der Waals surface area contributed by atoms with Crippen molar-refractivity contribution < 1.29 is 0 Å². The molecule has 3 rings (SSSR count). The highest BCUT2D eigenvalue weighted by Crippen LogP contribution is 2.33. The van der Waals surface area contributed by atoms with E-state index in [2.05, 4.69) is 17.4 Å². The molecule has 0 spiro atoms. The molecule has 0 radical (unpaired) electrons. The topological polar surface area (TPSA) is 38.0 Å². The Morgan fingerprint density at radius 1 is 1.25 bits per heavy atom. The molecule has 0 heterocycles. The molecule has 2 aliphatic rings. The third kappa shape index (κ3) is 2.07. The Labute approximate surface area is 97.2 Å². The molecule has 3 N–H and O–H groups in total. The maximum atomic E-state index is 5.89. The maximum absolute atomic E-state index is 5.89. The zero-order chi connectivity index (χ0) is 11.0. The van der Waals surface area contributed by atoms with Gasteiger partial charge < -0.3 is 11.1 Å². The third-order valence-corrected chi connectivity index (χ3v) is 3.84. The van der Waals surface area contributed by atoms with E-state index >= 15 is 0 Å². The van der Waals surface area contributed by atoms with Crippen LogP contribution < -0.4 is 11.1 Å². The van der Waals surface area contributed by atoms with E-state index < -0.39 is 0 Å². The number of aryl methyl sites for hydroxylation is 1. The van der Waals surface area contributed by atoms with Gasteiger partial charge in [0.15, 0.2) is 0 Å². The summed E-state index contributed by atoms with van der Waals surface area (Å²) in [5, 5.41) is 3.65. The minimum atomic E-state index is 0.688. The lowest BCUT2D eigenvalue weighted by molar-refractivity contribution is 0.506. The van der Waals surface area contributed by atoms with E-state index in [4.69, 9.17) is 5.73 Å². The van der Waals surface area contributed by atoms with Crippen molar-refractivity contribution in [2.45, 2.75) is 44.1 Å². The summed E-state index contributed by atoms with van der Waals surface area (Å²) in [6.07, 6.45) is 6.62. The van der Waals surface area contributed by atoms with Crippen LogP contribution in [0.3, 0.4) is 0 Å². The van der Waals surface area contributed by atoms with Crippen molar-refractivity contribution in [2.75, 3.05) is 12.3 Å². The van der Waals surface area contributed by atoms with E-state index in [0.29, 0.717) is 5.92 Å². The van der Waals surface area contributed by atoms with Crippen molar-refractivity contribution in [1.29, 1.82) is 0 Å². The number of hydrogen-bond donors (Lipinski definition) is 2. The second kappa shape index (κ2) is 4.10. The van der Waals surface area contributed by atoms with Crippen molar-refractivity contribution >= 4 is 5.69 Å². The third-order valence-electron chi connectivity index (χ3n) is 3.84. The Kier molecular flexibility index (Phi) is 2.60. The number of nitrogens with one attached hydrogen (secondary N) is 1. The van der Waals surface area contributed by atoms with Crippen LogP contribution in [0.25, 0.3) is 0 Å². The first-order chi connectivity index (χ1) is 7.83. The first kappa shape index (κ1) is 10.2. The predicted molar refractivity (Wildman–Crippen MR) is 67.6 cm³/mol. The van der Waals surface area contributed by atoms with Crippen LogP contribution in [0.2, 0.25) is 0 Å². The van der Waals surface area contributed by atoms with Crippen molar-refractivity contribution in [1.82, 2.24) is 5.32 Å². The second-order valence-electron chi connectivity index (χ2n) is 5.23. The van der Waals surface area contributed by atoms with Crippen molar-refractivity contribution in [3.8, 4) is 0 Å². The minimum absolute atomic E-state index is 0.688. The van der Waals surface area contributed by atoms with E-state index in [1.54, 1.807) is 0 Å². The highest BCUT2D eigenvalue weighted by atomic mass is 14.9. The van der Waals surface area contributed by atoms with Crippen LogP contribution in [-0.4, -0.2) is 12.6 Å². The molecule has 16 heavy (non-hydrogen) atoms. The molecule has 0 aliphatic heterocycles. The molecule has 1 unspecified atom stereocenters. The van der Waals surface area contributed by atoms with E-state index in [9.17, 15) is 0 Å². The first-order valence-corrected chi connectivity index (χ1v) is 6.44. The molecule has 1 aromatic carbocycles. The average Bonchev–Trinajstić information content (AvgIpc) is 3.10. The summed E-state index contributed by atoms with van der Waals surface area (Å²) < 4.78 is 0. The van der Waals surface area contributed by atoms with E-state index in [1.807, 2.05) is 6.07 Å². The van der Waals surface area contributed by atoms with Crippen LogP contribution in [0.15, 0.2) is 18.2 Å². The van der Waals surface area contributed by atoms with Crippen LogP contribution in [-0.2, 0) is 6.42 Å². The van der Waals surface area contributed by atoms with Gasteiger partial charge in [-0.1, -0.05) is 6.07 Å². The van der Waals surface area contributed by atoms with Gasteiger partial charge in [0.05, 0.1) is 0 Å². The zero-order valence-electron chi connectivity index (χ0n) is 9.71. The van der Waals surface area contributed by atoms with Gasteiger partial charge in [-0.3, -0.25) is 0 Å². The van der Waals surface area contributed by atoms with Crippen molar-refractivity contribution in [2.24, 2.45) is 0 Å². The molecule has 2 aliphatic carbocycles. The Hall–Kier alpha value is -1.02. The summed E-state index contributed by atoms with van der Waals surface area (Å²) in [5.41, 5.74) is 9.82. The molecular weight excluding hydrogens is 196 g/mol. The number of fused-ring (bicyclic) bond motifs is 1. The molecular formula is C14H20N2. The maximum Gasteiger partial charge on any atom is 0.0317 e. The molecule has 86 valence electrons. The van der Waals surface area contributed by atoms with Crippen molar-refractivity contribution in [3.63, 3.8) is 0 Å². The van der Waals surface area contributed by atoms with Crippen LogP contribution in [0, 0.1) is 0 Å². The Morgan fingerprint density at radius 3 is 2.94 bits per heavy atom. The molecule has 2 nitrogen and oxygen atoms in total. The van der Waals surface area contributed by atoms with Gasteiger partial charge in [-0.25, -0.2) is 0 Å². The molecule has 1 aromatic rings. The molecule has 1 atom stereocenters. The van der Waals surface area contributed by atoms with Crippen molar-refractivity contribution in [3.05, 3.63) is 29.3 Å². The average molecular weight is 216 g/mol. The fourth-order valence-corrected chi connectivity index (χ4v) is 2.72. The zero-order valence-corrected chi connectivity index (χ0v) is 9.71. The quantitative estimate of drug-likeness (QED) is 0.762. The summed E-state index contributed by atoms with van der Waals surface area (Å²) in [5.74, 6) is 0.688. The molecule has 2 heteroatoms. The number of anilines is 1. The normalized spacial score (nSPS) is 24.1. The number of nitrogen functional groups attached to an aromatic ring is 1. The fraction of sp³-hybridized carbons (Fsp3) is 0.571.